The van der Waals surface area contributed by atoms with Crippen LogP contribution >= 0.6 is 0 Å². The molecule has 0 amide bonds. The molecule has 0 bridgehead atoms. The van der Waals surface area contributed by atoms with Crippen molar-refractivity contribution >= 4 is 16.6 Å². The highest BCUT2D eigenvalue weighted by atomic mass is 16.5. The van der Waals surface area contributed by atoms with Crippen molar-refractivity contribution in [1.82, 2.24) is 24.6 Å². The number of benzene rings is 1. The molecule has 3 aromatic rings. The highest BCUT2D eigenvalue weighted by Crippen LogP contribution is 2.38. The van der Waals surface area contributed by atoms with Gasteiger partial charge in [0.15, 0.2) is 5.82 Å². The fraction of sp³-hybridized carbons (Fsp3) is 0.474. The Labute approximate surface area is 156 Å². The first-order valence-corrected chi connectivity index (χ1v) is 9.42. The number of nitrogens with zero attached hydrogens (tertiary/aromatic N) is 6. The average molecular weight is 366 g/mol. The number of anilines is 1. The zero-order valence-electron chi connectivity index (χ0n) is 15.3. The summed E-state index contributed by atoms with van der Waals surface area (Å²) < 4.78 is 6.85. The van der Waals surface area contributed by atoms with E-state index in [4.69, 9.17) is 4.52 Å². The number of fused-ring (bicyclic) bond motifs is 1. The summed E-state index contributed by atoms with van der Waals surface area (Å²) in [5, 5.41) is 4.78. The van der Waals surface area contributed by atoms with Gasteiger partial charge in [0.25, 0.3) is 5.56 Å². The quantitative estimate of drug-likeness (QED) is 0.692. The summed E-state index contributed by atoms with van der Waals surface area (Å²) in [7, 11) is 1.72. The van der Waals surface area contributed by atoms with Gasteiger partial charge in [-0.15, -0.1) is 0 Å². The predicted octanol–water partition coefficient (Wildman–Crippen LogP) is 1.52. The molecule has 1 aromatic carbocycles. The predicted molar refractivity (Wildman–Crippen MR) is 101 cm³/mol. The lowest BCUT2D eigenvalue weighted by atomic mass is 10.2. The Bertz CT molecular complexity index is 1030. The number of rotatable bonds is 4. The van der Waals surface area contributed by atoms with E-state index >= 15 is 0 Å². The van der Waals surface area contributed by atoms with Crippen LogP contribution in [0, 0.1) is 0 Å². The Morgan fingerprint density at radius 1 is 1.19 bits per heavy atom. The highest BCUT2D eigenvalue weighted by molar-refractivity contribution is 5.81. The van der Waals surface area contributed by atoms with Crippen LogP contribution in [0.4, 0.5) is 5.69 Å². The summed E-state index contributed by atoms with van der Waals surface area (Å²) in [6.07, 6.45) is 3.92. The van der Waals surface area contributed by atoms with Crippen LogP contribution in [-0.4, -0.2) is 50.8 Å². The van der Waals surface area contributed by atoms with Crippen molar-refractivity contribution in [3.05, 3.63) is 46.6 Å². The lowest BCUT2D eigenvalue weighted by molar-refractivity contribution is 0.240. The number of hydrogen-bond acceptors (Lipinski definition) is 7. The van der Waals surface area contributed by atoms with E-state index in [2.05, 4.69) is 24.9 Å². The second-order valence-corrected chi connectivity index (χ2v) is 7.45. The molecule has 5 rings (SSSR count). The van der Waals surface area contributed by atoms with Gasteiger partial charge in [-0.25, -0.2) is 4.98 Å². The van der Waals surface area contributed by atoms with Crippen LogP contribution in [0.1, 0.15) is 30.5 Å². The maximum Gasteiger partial charge on any atom is 0.260 e. The van der Waals surface area contributed by atoms with Gasteiger partial charge in [-0.3, -0.25) is 9.69 Å². The molecule has 0 spiro atoms. The molecule has 1 aliphatic carbocycles. The number of aryl methyl sites for hydroxylation is 1. The Kier molecular flexibility index (Phi) is 3.93. The first-order valence-electron chi connectivity index (χ1n) is 9.42. The van der Waals surface area contributed by atoms with Crippen LogP contribution < -0.4 is 10.5 Å². The summed E-state index contributed by atoms with van der Waals surface area (Å²) in [5.74, 6) is 2.09. The van der Waals surface area contributed by atoms with Crippen molar-refractivity contribution in [3.8, 4) is 0 Å². The topological polar surface area (TPSA) is 80.3 Å². The number of piperazine rings is 1. The molecule has 8 heteroatoms. The SMILES string of the molecule is Cn1cnc2cc(N3CCN(Cc4noc(C5CC5)n4)CC3)ccc2c1=O. The molecule has 27 heavy (non-hydrogen) atoms. The van der Waals surface area contributed by atoms with E-state index in [0.717, 1.165) is 55.6 Å². The zero-order valence-corrected chi connectivity index (χ0v) is 15.3. The van der Waals surface area contributed by atoms with Gasteiger partial charge >= 0.3 is 0 Å². The van der Waals surface area contributed by atoms with Gasteiger partial charge in [-0.1, -0.05) is 5.16 Å². The van der Waals surface area contributed by atoms with Crippen molar-refractivity contribution in [2.45, 2.75) is 25.3 Å². The third-order valence-electron chi connectivity index (χ3n) is 5.41. The van der Waals surface area contributed by atoms with Crippen LogP contribution in [0.5, 0.6) is 0 Å². The zero-order chi connectivity index (χ0) is 18.4. The first kappa shape index (κ1) is 16.4. The molecule has 2 aromatic heterocycles. The van der Waals surface area contributed by atoms with Crippen molar-refractivity contribution in [2.75, 3.05) is 31.1 Å². The van der Waals surface area contributed by atoms with E-state index in [0.29, 0.717) is 11.3 Å². The summed E-state index contributed by atoms with van der Waals surface area (Å²) in [6, 6.07) is 5.90. The van der Waals surface area contributed by atoms with Gasteiger partial charge in [0.1, 0.15) is 0 Å². The lowest BCUT2D eigenvalue weighted by Crippen LogP contribution is -2.46. The minimum Gasteiger partial charge on any atom is -0.369 e. The molecule has 140 valence electrons. The smallest absolute Gasteiger partial charge is 0.260 e. The Morgan fingerprint density at radius 2 is 2.00 bits per heavy atom. The molecule has 1 aliphatic heterocycles. The second kappa shape index (κ2) is 6.45. The second-order valence-electron chi connectivity index (χ2n) is 7.45. The van der Waals surface area contributed by atoms with Crippen LogP contribution in [0.25, 0.3) is 10.9 Å². The van der Waals surface area contributed by atoms with Crippen molar-refractivity contribution in [2.24, 2.45) is 7.05 Å². The largest absolute Gasteiger partial charge is 0.369 e. The van der Waals surface area contributed by atoms with Crippen LogP contribution in [0.15, 0.2) is 33.8 Å². The van der Waals surface area contributed by atoms with E-state index in [1.54, 1.807) is 13.4 Å². The number of aromatic nitrogens is 4. The third kappa shape index (κ3) is 3.21. The summed E-state index contributed by atoms with van der Waals surface area (Å²) >= 11 is 0. The van der Waals surface area contributed by atoms with Crippen LogP contribution in [0.3, 0.4) is 0 Å². The Balaban J connectivity index is 1.25. The Morgan fingerprint density at radius 3 is 2.78 bits per heavy atom. The number of hydrogen-bond donors (Lipinski definition) is 0. The van der Waals surface area contributed by atoms with Gasteiger partial charge in [-0.05, 0) is 31.0 Å². The normalized spacial score (nSPS) is 18.3. The molecule has 0 unspecified atom stereocenters. The monoisotopic (exact) mass is 366 g/mol. The molecule has 8 nitrogen and oxygen atoms in total. The van der Waals surface area contributed by atoms with Gasteiger partial charge < -0.3 is 14.0 Å². The maximum atomic E-state index is 12.2. The molecule has 2 fully saturated rings. The molecule has 0 atom stereocenters. The van der Waals surface area contributed by atoms with Crippen molar-refractivity contribution in [1.29, 1.82) is 0 Å². The van der Waals surface area contributed by atoms with Crippen LogP contribution in [0.2, 0.25) is 0 Å². The minimum absolute atomic E-state index is 0.0120. The molecular formula is C19H22N6O2. The van der Waals surface area contributed by atoms with Crippen molar-refractivity contribution in [3.63, 3.8) is 0 Å². The molecule has 2 aliphatic rings. The summed E-state index contributed by atoms with van der Waals surface area (Å²) in [4.78, 5) is 25.8. The molecule has 1 saturated heterocycles. The van der Waals surface area contributed by atoms with E-state index in [1.807, 2.05) is 18.2 Å². The van der Waals surface area contributed by atoms with E-state index < -0.39 is 0 Å². The van der Waals surface area contributed by atoms with Gasteiger partial charge in [0, 0.05) is 44.8 Å². The van der Waals surface area contributed by atoms with Crippen molar-refractivity contribution < 1.29 is 4.52 Å². The maximum absolute atomic E-state index is 12.2. The molecule has 0 radical (unpaired) electrons. The molecule has 3 heterocycles. The van der Waals surface area contributed by atoms with Gasteiger partial charge in [0.05, 0.1) is 23.8 Å². The Hall–Kier alpha value is -2.74. The standard InChI is InChI=1S/C19H22N6O2/c1-23-12-20-16-10-14(4-5-15(16)19(23)26)25-8-6-24(7-9-25)11-17-21-18(27-22-17)13-2-3-13/h4-5,10,12-13H,2-3,6-9,11H2,1H3. The van der Waals surface area contributed by atoms with E-state index in [1.165, 1.54) is 17.4 Å². The average Bonchev–Trinajstić information content (AvgIpc) is 3.45. The fourth-order valence-corrected chi connectivity index (χ4v) is 3.59. The highest BCUT2D eigenvalue weighted by Gasteiger charge is 2.30. The van der Waals surface area contributed by atoms with Gasteiger partial charge in [-0.2, -0.15) is 4.98 Å². The molecular weight excluding hydrogens is 344 g/mol. The molecule has 1 saturated carbocycles. The lowest BCUT2D eigenvalue weighted by Gasteiger charge is -2.35. The van der Waals surface area contributed by atoms with Crippen LogP contribution in [-0.2, 0) is 13.6 Å². The molecule has 0 N–H and O–H groups in total. The van der Waals surface area contributed by atoms with Gasteiger partial charge in [0.2, 0.25) is 5.89 Å². The van der Waals surface area contributed by atoms with E-state index in [-0.39, 0.29) is 5.56 Å². The fourth-order valence-electron chi connectivity index (χ4n) is 3.59. The summed E-state index contributed by atoms with van der Waals surface area (Å²) in [5.41, 5.74) is 1.85. The third-order valence-corrected chi connectivity index (χ3v) is 5.41. The minimum atomic E-state index is -0.0120. The van der Waals surface area contributed by atoms with E-state index in [9.17, 15) is 4.79 Å². The first-order chi connectivity index (χ1) is 13.2. The summed E-state index contributed by atoms with van der Waals surface area (Å²) in [6.45, 7) is 4.46.